The van der Waals surface area contributed by atoms with Gasteiger partial charge in [-0.05, 0) is 83.5 Å². The summed E-state index contributed by atoms with van der Waals surface area (Å²) in [5.41, 5.74) is 0. The molecule has 0 bridgehead atoms. The molecule has 3 N–H and O–H groups in total. The third-order valence-electron chi connectivity index (χ3n) is 12.8. The highest BCUT2D eigenvalue weighted by atomic mass is 16.3. The molecule has 2 atom stereocenters. The van der Waals surface area contributed by atoms with Crippen LogP contribution in [0.3, 0.4) is 0 Å². The van der Waals surface area contributed by atoms with Gasteiger partial charge >= 0.3 is 0 Å². The molecule has 0 rings (SSSR count). The van der Waals surface area contributed by atoms with E-state index in [0.717, 1.165) is 64.2 Å². The number of unbranched alkanes of at least 4 members (excludes halogenated alkanes) is 33. The van der Waals surface area contributed by atoms with Crippen LogP contribution in [-0.4, -0.2) is 34.9 Å². The van der Waals surface area contributed by atoms with Gasteiger partial charge in [-0.1, -0.05) is 279 Å². The van der Waals surface area contributed by atoms with Crippen molar-refractivity contribution in [1.82, 2.24) is 5.32 Å². The first kappa shape index (κ1) is 63.6. The van der Waals surface area contributed by atoms with Crippen molar-refractivity contribution in [2.75, 3.05) is 6.61 Å². The predicted octanol–water partition coefficient (Wildman–Crippen LogP) is 19.1. The Labute approximate surface area is 411 Å². The maximum Gasteiger partial charge on any atom is 0.220 e. The van der Waals surface area contributed by atoms with Gasteiger partial charge in [-0.2, -0.15) is 0 Å². The molecule has 4 heteroatoms. The maximum absolute atomic E-state index is 12.5. The summed E-state index contributed by atoms with van der Waals surface area (Å²) in [4.78, 5) is 12.5. The highest BCUT2D eigenvalue weighted by Gasteiger charge is 2.18. The molecule has 0 aromatic carbocycles. The van der Waals surface area contributed by atoms with Gasteiger partial charge in [0.2, 0.25) is 5.91 Å². The number of amides is 1. The quantitative estimate of drug-likeness (QED) is 0.0421. The third-order valence-corrected chi connectivity index (χ3v) is 12.8. The number of carbonyl (C=O) groups is 1. The first-order chi connectivity index (χ1) is 32.7. The lowest BCUT2D eigenvalue weighted by Crippen LogP contribution is -2.45. The van der Waals surface area contributed by atoms with E-state index >= 15 is 0 Å². The molecule has 1 amide bonds. The van der Waals surface area contributed by atoms with E-state index in [1.54, 1.807) is 6.08 Å². The predicted molar refractivity (Wildman–Crippen MR) is 294 cm³/mol. The Bertz CT molecular complexity index is 1180. The molecule has 0 aliphatic rings. The zero-order valence-electron chi connectivity index (χ0n) is 43.9. The molecule has 0 saturated carbocycles. The number of carbonyl (C=O) groups excluding carboxylic acids is 1. The molecule has 0 spiro atoms. The summed E-state index contributed by atoms with van der Waals surface area (Å²) in [6, 6.07) is -0.651. The maximum atomic E-state index is 12.5. The Kier molecular flexibility index (Phi) is 54.8. The summed E-state index contributed by atoms with van der Waals surface area (Å²) in [6.07, 6.45) is 83.2. The van der Waals surface area contributed by atoms with Crippen molar-refractivity contribution in [3.05, 3.63) is 85.1 Å². The number of aliphatic hydroxyl groups is 2. The normalized spacial score (nSPS) is 13.5. The number of allylic oxidation sites excluding steroid dienone is 13. The van der Waals surface area contributed by atoms with Crippen LogP contribution < -0.4 is 5.32 Å². The highest BCUT2D eigenvalue weighted by Crippen LogP contribution is 2.16. The first-order valence-electron chi connectivity index (χ1n) is 28.8. The average Bonchev–Trinajstić information content (AvgIpc) is 3.32. The van der Waals surface area contributed by atoms with Gasteiger partial charge in [-0.3, -0.25) is 4.79 Å². The third kappa shape index (κ3) is 52.5. The van der Waals surface area contributed by atoms with Crippen LogP contribution in [0.5, 0.6) is 0 Å². The monoisotopic (exact) mass is 918 g/mol. The van der Waals surface area contributed by atoms with Crippen LogP contribution in [0.15, 0.2) is 85.1 Å². The molecule has 0 radical (unpaired) electrons. The molecular weight excluding hydrogens is 807 g/mol. The van der Waals surface area contributed by atoms with Gasteiger partial charge in [0, 0.05) is 6.42 Å². The van der Waals surface area contributed by atoms with E-state index in [4.69, 9.17) is 0 Å². The van der Waals surface area contributed by atoms with Crippen molar-refractivity contribution >= 4 is 5.91 Å². The molecule has 0 saturated heterocycles. The fourth-order valence-corrected chi connectivity index (χ4v) is 8.50. The molecule has 382 valence electrons. The standard InChI is InChI=1S/C62H111NO3/c1-3-5-7-9-11-13-15-17-19-21-23-25-27-29-31-33-35-37-39-41-43-45-47-49-51-53-55-57-61(65)60(59-64)63-62(66)58-56-54-52-50-48-46-44-42-40-38-36-34-32-30-28-26-24-22-20-18-16-14-12-10-8-6-4-2/h6,8,12,14,18,20,24,26,39,41,47,49,55,57,60-61,64-65H,3-5,7,9-11,13,15-17,19,21-23,25,27-38,40,42-46,48,50-54,56,58-59H2,1-2H3,(H,63,66)/b8-6-,14-12-,20-18-,26-24-,41-39+,49-47+,57-55+. The van der Waals surface area contributed by atoms with Crippen molar-refractivity contribution in [2.45, 2.75) is 296 Å². The van der Waals surface area contributed by atoms with Crippen molar-refractivity contribution in [3.8, 4) is 0 Å². The van der Waals surface area contributed by atoms with Gasteiger partial charge in [0.25, 0.3) is 0 Å². The van der Waals surface area contributed by atoms with Crippen LogP contribution in [0.2, 0.25) is 0 Å². The fourth-order valence-electron chi connectivity index (χ4n) is 8.50. The molecule has 0 fully saturated rings. The van der Waals surface area contributed by atoms with Crippen LogP contribution in [0.1, 0.15) is 284 Å². The second-order valence-electron chi connectivity index (χ2n) is 19.3. The number of hydrogen-bond donors (Lipinski definition) is 3. The Balaban J connectivity index is 3.57. The van der Waals surface area contributed by atoms with Gasteiger partial charge in [-0.25, -0.2) is 0 Å². The van der Waals surface area contributed by atoms with Gasteiger partial charge < -0.3 is 15.5 Å². The molecule has 0 aromatic rings. The average molecular weight is 919 g/mol. The lowest BCUT2D eigenvalue weighted by molar-refractivity contribution is -0.123. The fraction of sp³-hybridized carbons (Fsp3) is 0.758. The van der Waals surface area contributed by atoms with Gasteiger partial charge in [-0.15, -0.1) is 0 Å². The van der Waals surface area contributed by atoms with Crippen molar-refractivity contribution in [2.24, 2.45) is 0 Å². The lowest BCUT2D eigenvalue weighted by Gasteiger charge is -2.19. The van der Waals surface area contributed by atoms with Crippen molar-refractivity contribution < 1.29 is 15.0 Å². The minimum absolute atomic E-state index is 0.0791. The van der Waals surface area contributed by atoms with Gasteiger partial charge in [0.15, 0.2) is 0 Å². The largest absolute Gasteiger partial charge is 0.394 e. The van der Waals surface area contributed by atoms with Crippen LogP contribution in [0.4, 0.5) is 0 Å². The van der Waals surface area contributed by atoms with E-state index in [-0.39, 0.29) is 12.5 Å². The summed E-state index contributed by atoms with van der Waals surface area (Å²) in [6.45, 7) is 4.20. The Morgan fingerprint density at radius 2 is 0.682 bits per heavy atom. The van der Waals surface area contributed by atoms with E-state index in [1.807, 2.05) is 6.08 Å². The zero-order valence-corrected chi connectivity index (χ0v) is 43.9. The summed E-state index contributed by atoms with van der Waals surface area (Å²) >= 11 is 0. The Morgan fingerprint density at radius 3 is 1.06 bits per heavy atom. The number of rotatable bonds is 52. The Morgan fingerprint density at radius 1 is 0.379 bits per heavy atom. The highest BCUT2D eigenvalue weighted by molar-refractivity contribution is 5.76. The van der Waals surface area contributed by atoms with E-state index < -0.39 is 12.1 Å². The SMILES string of the molecule is CC/C=C\C/C=C\C/C=C\C/C=C\CCCCCCCCCCCCCCCCC(=O)NC(CO)C(O)/C=C/CC/C=C/CC/C=C/CCCCCCCCCCCCCCCCCCC. The number of nitrogens with one attached hydrogen (secondary N) is 1. The van der Waals surface area contributed by atoms with E-state index in [0.29, 0.717) is 6.42 Å². The molecule has 0 aromatic heterocycles. The smallest absolute Gasteiger partial charge is 0.220 e. The van der Waals surface area contributed by atoms with Crippen LogP contribution in [0, 0.1) is 0 Å². The first-order valence-corrected chi connectivity index (χ1v) is 28.8. The summed E-state index contributed by atoms with van der Waals surface area (Å²) in [5, 5.41) is 23.2. The molecule has 4 nitrogen and oxygen atoms in total. The molecule has 0 aliphatic heterocycles. The minimum Gasteiger partial charge on any atom is -0.394 e. The molecular formula is C62H111NO3. The zero-order chi connectivity index (χ0) is 47.7. The topological polar surface area (TPSA) is 69.6 Å². The van der Waals surface area contributed by atoms with E-state index in [1.165, 1.54) is 199 Å². The van der Waals surface area contributed by atoms with Crippen LogP contribution in [-0.2, 0) is 4.79 Å². The Hall–Kier alpha value is -2.43. The van der Waals surface area contributed by atoms with Crippen molar-refractivity contribution in [1.29, 1.82) is 0 Å². The minimum atomic E-state index is -0.876. The second-order valence-corrected chi connectivity index (χ2v) is 19.3. The van der Waals surface area contributed by atoms with Gasteiger partial charge in [0.05, 0.1) is 18.8 Å². The summed E-state index contributed by atoms with van der Waals surface area (Å²) in [5.74, 6) is -0.0791. The molecule has 0 heterocycles. The second kappa shape index (κ2) is 56.9. The van der Waals surface area contributed by atoms with E-state index in [9.17, 15) is 15.0 Å². The van der Waals surface area contributed by atoms with Crippen molar-refractivity contribution in [3.63, 3.8) is 0 Å². The van der Waals surface area contributed by atoms with E-state index in [2.05, 4.69) is 92.1 Å². The van der Waals surface area contributed by atoms with Gasteiger partial charge in [0.1, 0.15) is 0 Å². The molecule has 66 heavy (non-hydrogen) atoms. The lowest BCUT2D eigenvalue weighted by atomic mass is 10.0. The molecule has 0 aliphatic carbocycles. The van der Waals surface area contributed by atoms with Crippen LogP contribution >= 0.6 is 0 Å². The molecule has 2 unspecified atom stereocenters. The summed E-state index contributed by atoms with van der Waals surface area (Å²) < 4.78 is 0. The summed E-state index contributed by atoms with van der Waals surface area (Å²) in [7, 11) is 0. The van der Waals surface area contributed by atoms with Crippen LogP contribution in [0.25, 0.3) is 0 Å². The number of hydrogen-bond acceptors (Lipinski definition) is 3. The number of aliphatic hydroxyl groups excluding tert-OH is 2.